The lowest BCUT2D eigenvalue weighted by atomic mass is 10.0. The van der Waals surface area contributed by atoms with Crippen LogP contribution in [0.3, 0.4) is 0 Å². The zero-order chi connectivity index (χ0) is 21.0. The molecule has 0 radical (unpaired) electrons. The lowest BCUT2D eigenvalue weighted by Gasteiger charge is -2.29. The van der Waals surface area contributed by atoms with Crippen LogP contribution < -0.4 is 0 Å². The molecule has 29 heavy (non-hydrogen) atoms. The summed E-state index contributed by atoms with van der Waals surface area (Å²) in [5.41, 5.74) is 6.41. The van der Waals surface area contributed by atoms with E-state index in [2.05, 4.69) is 104 Å². The fourth-order valence-electron chi connectivity index (χ4n) is 3.50. The summed E-state index contributed by atoms with van der Waals surface area (Å²) in [7, 11) is -1.40. The van der Waals surface area contributed by atoms with Crippen LogP contribution in [-0.4, -0.2) is 19.0 Å². The average Bonchev–Trinajstić information content (AvgIpc) is 2.70. The molecule has 0 saturated heterocycles. The average molecular weight is 406 g/mol. The summed E-state index contributed by atoms with van der Waals surface area (Å²) in [5.74, 6) is 3.73. The van der Waals surface area contributed by atoms with Crippen LogP contribution in [0.1, 0.15) is 56.6 Å². The Hall–Kier alpha value is -1.82. The zero-order valence-electron chi connectivity index (χ0n) is 19.0. The Kier molecular flexibility index (Phi) is 10.3. The van der Waals surface area contributed by atoms with Crippen LogP contribution >= 0.6 is 0 Å². The van der Waals surface area contributed by atoms with E-state index in [1.165, 1.54) is 49.7 Å². The Morgan fingerprint density at radius 1 is 0.759 bits per heavy atom. The van der Waals surface area contributed by atoms with E-state index in [0.717, 1.165) is 13.1 Å². The van der Waals surface area contributed by atoms with Gasteiger partial charge in [-0.3, -0.25) is 4.90 Å². The molecule has 0 fully saturated rings. The molecular weight excluding hydrogens is 366 g/mol. The third kappa shape index (κ3) is 9.97. The molecule has 0 aliphatic carbocycles. The molecule has 2 aromatic rings. The van der Waals surface area contributed by atoms with E-state index < -0.39 is 8.07 Å². The molecule has 0 unspecified atom stereocenters. The highest BCUT2D eigenvalue weighted by Gasteiger charge is 2.18. The van der Waals surface area contributed by atoms with Crippen LogP contribution in [0.15, 0.2) is 60.7 Å². The van der Waals surface area contributed by atoms with Crippen LogP contribution in [0.5, 0.6) is 0 Å². The Morgan fingerprint density at radius 3 is 1.76 bits per heavy atom. The molecule has 156 valence electrons. The molecule has 2 heteroatoms. The molecular formula is C27H39NSi. The second-order valence-electron chi connectivity index (χ2n) is 9.11. The molecule has 0 aromatic heterocycles. The SMILES string of the molecule is CCCCCCC[C@@H](C#C[Si](C)(C)C)N(Cc1ccccc1)Cc1ccccc1. The third-order valence-corrected chi connectivity index (χ3v) is 5.99. The van der Waals surface area contributed by atoms with E-state index in [4.69, 9.17) is 0 Å². The normalized spacial score (nSPS) is 12.4. The first-order chi connectivity index (χ1) is 14.0. The van der Waals surface area contributed by atoms with E-state index in [0.29, 0.717) is 6.04 Å². The van der Waals surface area contributed by atoms with Crippen molar-refractivity contribution >= 4 is 8.07 Å². The molecule has 2 aromatic carbocycles. The third-order valence-electron chi connectivity index (χ3n) is 5.09. The lowest BCUT2D eigenvalue weighted by molar-refractivity contribution is 0.205. The number of hydrogen-bond acceptors (Lipinski definition) is 1. The van der Waals surface area contributed by atoms with Crippen molar-refractivity contribution in [2.24, 2.45) is 0 Å². The van der Waals surface area contributed by atoms with Crippen molar-refractivity contribution in [1.82, 2.24) is 4.90 Å². The van der Waals surface area contributed by atoms with Gasteiger partial charge in [-0.1, -0.05) is 125 Å². The molecule has 0 amide bonds. The van der Waals surface area contributed by atoms with Gasteiger partial charge < -0.3 is 0 Å². The molecule has 0 aliphatic heterocycles. The molecule has 2 rings (SSSR count). The van der Waals surface area contributed by atoms with Crippen molar-refractivity contribution in [2.75, 3.05) is 0 Å². The molecule has 1 nitrogen and oxygen atoms in total. The summed E-state index contributed by atoms with van der Waals surface area (Å²) >= 11 is 0. The molecule has 0 saturated carbocycles. The summed E-state index contributed by atoms with van der Waals surface area (Å²) in [4.78, 5) is 2.59. The van der Waals surface area contributed by atoms with Gasteiger partial charge in [-0.2, -0.15) is 0 Å². The second kappa shape index (κ2) is 12.7. The van der Waals surface area contributed by atoms with E-state index in [1.54, 1.807) is 0 Å². The van der Waals surface area contributed by atoms with Gasteiger partial charge in [-0.05, 0) is 17.5 Å². The van der Waals surface area contributed by atoms with Gasteiger partial charge in [0.15, 0.2) is 0 Å². The minimum absolute atomic E-state index is 0.323. The van der Waals surface area contributed by atoms with Crippen molar-refractivity contribution in [1.29, 1.82) is 0 Å². The number of benzene rings is 2. The first-order valence-electron chi connectivity index (χ1n) is 11.3. The van der Waals surface area contributed by atoms with Gasteiger partial charge in [-0.15, -0.1) is 5.54 Å². The van der Waals surface area contributed by atoms with Gasteiger partial charge in [0.1, 0.15) is 8.07 Å². The number of hydrogen-bond donors (Lipinski definition) is 0. The summed E-state index contributed by atoms with van der Waals surface area (Å²) in [6.07, 6.45) is 7.76. The Labute approximate surface area is 180 Å². The maximum Gasteiger partial charge on any atom is 0.129 e. The Bertz CT molecular complexity index is 695. The molecule has 0 bridgehead atoms. The highest BCUT2D eigenvalue weighted by molar-refractivity contribution is 6.83. The van der Waals surface area contributed by atoms with Crippen LogP contribution in [0, 0.1) is 11.5 Å². The predicted molar refractivity (Wildman–Crippen MR) is 130 cm³/mol. The van der Waals surface area contributed by atoms with E-state index in [-0.39, 0.29) is 0 Å². The molecule has 1 atom stereocenters. The van der Waals surface area contributed by atoms with Gasteiger partial charge in [0, 0.05) is 13.1 Å². The summed E-state index contributed by atoms with van der Waals surface area (Å²) in [6.45, 7) is 11.2. The number of nitrogens with zero attached hydrogens (tertiary/aromatic N) is 1. The molecule has 0 spiro atoms. The van der Waals surface area contributed by atoms with Crippen LogP contribution in [-0.2, 0) is 13.1 Å². The second-order valence-corrected chi connectivity index (χ2v) is 13.9. The maximum atomic E-state index is 3.73. The summed E-state index contributed by atoms with van der Waals surface area (Å²) < 4.78 is 0. The first-order valence-corrected chi connectivity index (χ1v) is 14.8. The van der Waals surface area contributed by atoms with Gasteiger partial charge in [0.25, 0.3) is 0 Å². The highest BCUT2D eigenvalue weighted by atomic mass is 28.3. The van der Waals surface area contributed by atoms with Crippen molar-refractivity contribution in [2.45, 2.75) is 84.2 Å². The van der Waals surface area contributed by atoms with Gasteiger partial charge in [0.05, 0.1) is 6.04 Å². The smallest absolute Gasteiger partial charge is 0.129 e. The van der Waals surface area contributed by atoms with Crippen molar-refractivity contribution in [3.8, 4) is 11.5 Å². The van der Waals surface area contributed by atoms with E-state index >= 15 is 0 Å². The Morgan fingerprint density at radius 2 is 1.28 bits per heavy atom. The highest BCUT2D eigenvalue weighted by Crippen LogP contribution is 2.18. The predicted octanol–water partition coefficient (Wildman–Crippen LogP) is 7.30. The minimum Gasteiger partial charge on any atom is -0.281 e. The molecule has 0 aliphatic rings. The largest absolute Gasteiger partial charge is 0.281 e. The van der Waals surface area contributed by atoms with Crippen molar-refractivity contribution in [3.63, 3.8) is 0 Å². The first kappa shape index (κ1) is 23.5. The van der Waals surface area contributed by atoms with Crippen LogP contribution in [0.4, 0.5) is 0 Å². The quantitative estimate of drug-likeness (QED) is 0.215. The molecule has 0 heterocycles. The summed E-state index contributed by atoms with van der Waals surface area (Å²) in [6, 6.07) is 22.0. The van der Waals surface area contributed by atoms with E-state index in [9.17, 15) is 0 Å². The fraction of sp³-hybridized carbons (Fsp3) is 0.481. The van der Waals surface area contributed by atoms with Gasteiger partial charge in [-0.25, -0.2) is 0 Å². The number of unbranched alkanes of at least 4 members (excludes halogenated alkanes) is 4. The molecule has 0 N–H and O–H groups in total. The van der Waals surface area contributed by atoms with Crippen molar-refractivity contribution < 1.29 is 0 Å². The van der Waals surface area contributed by atoms with Crippen LogP contribution in [0.25, 0.3) is 0 Å². The van der Waals surface area contributed by atoms with E-state index in [1.807, 2.05) is 0 Å². The lowest BCUT2D eigenvalue weighted by Crippen LogP contribution is -2.34. The van der Waals surface area contributed by atoms with Gasteiger partial charge >= 0.3 is 0 Å². The minimum atomic E-state index is -1.40. The number of rotatable bonds is 11. The van der Waals surface area contributed by atoms with Crippen molar-refractivity contribution in [3.05, 3.63) is 71.8 Å². The zero-order valence-corrected chi connectivity index (χ0v) is 20.0. The van der Waals surface area contributed by atoms with Gasteiger partial charge in [0.2, 0.25) is 0 Å². The fourth-order valence-corrected chi connectivity index (χ4v) is 4.10. The topological polar surface area (TPSA) is 3.24 Å². The summed E-state index contributed by atoms with van der Waals surface area (Å²) in [5, 5.41) is 0. The monoisotopic (exact) mass is 405 g/mol. The maximum absolute atomic E-state index is 3.73. The Balaban J connectivity index is 2.20. The van der Waals surface area contributed by atoms with Crippen LogP contribution in [0.2, 0.25) is 19.6 Å². The standard InChI is InChI=1S/C27H39NSi/c1-5-6-7-8-15-20-27(21-22-29(2,3)4)28(23-25-16-11-9-12-17-25)24-26-18-13-10-14-19-26/h9-14,16-19,27H,5-8,15,20,23-24H2,1-4H3/t27-/m0/s1.